The van der Waals surface area contributed by atoms with Crippen LogP contribution in [0, 0.1) is 11.6 Å². The third kappa shape index (κ3) is 5.76. The molecule has 2 aromatic rings. The third-order valence-corrected chi connectivity index (χ3v) is 6.46. The molecule has 0 bridgehead atoms. The van der Waals surface area contributed by atoms with E-state index >= 15 is 0 Å². The molecule has 5 nitrogen and oxygen atoms in total. The van der Waals surface area contributed by atoms with E-state index in [1.165, 1.54) is 18.2 Å². The van der Waals surface area contributed by atoms with E-state index in [0.29, 0.717) is 24.7 Å². The van der Waals surface area contributed by atoms with Gasteiger partial charge in [0.25, 0.3) is 0 Å². The molecule has 172 valence electrons. The Morgan fingerprint density at radius 2 is 1.84 bits per heavy atom. The number of rotatable bonds is 8. The van der Waals surface area contributed by atoms with E-state index in [-0.39, 0.29) is 30.2 Å². The Bertz CT molecular complexity index is 918. The van der Waals surface area contributed by atoms with Crippen LogP contribution in [0.3, 0.4) is 0 Å². The number of carbonyl (C=O) groups excluding carboxylic acids is 1. The van der Waals surface area contributed by atoms with Crippen molar-refractivity contribution in [1.29, 1.82) is 0 Å². The summed E-state index contributed by atoms with van der Waals surface area (Å²) in [4.78, 5) is 17.0. The van der Waals surface area contributed by atoms with Crippen LogP contribution in [0.15, 0.2) is 42.5 Å². The topological polar surface area (TPSA) is 44.8 Å². The maximum atomic E-state index is 14.4. The van der Waals surface area contributed by atoms with E-state index in [4.69, 9.17) is 4.74 Å². The molecule has 32 heavy (non-hydrogen) atoms. The van der Waals surface area contributed by atoms with E-state index in [0.717, 1.165) is 44.2 Å². The summed E-state index contributed by atoms with van der Waals surface area (Å²) in [6.45, 7) is 2.21. The van der Waals surface area contributed by atoms with Gasteiger partial charge in [0.15, 0.2) is 11.6 Å². The predicted octanol–water partition coefficient (Wildman–Crippen LogP) is 4.70. The van der Waals surface area contributed by atoms with Gasteiger partial charge in [-0.25, -0.2) is 13.6 Å². The summed E-state index contributed by atoms with van der Waals surface area (Å²) >= 11 is 0. The molecule has 1 saturated heterocycles. The summed E-state index contributed by atoms with van der Waals surface area (Å²) in [5, 5.41) is 2.92. The highest BCUT2D eigenvalue weighted by molar-refractivity contribution is 5.74. The van der Waals surface area contributed by atoms with E-state index in [1.807, 2.05) is 0 Å². The highest BCUT2D eigenvalue weighted by Gasteiger charge is 2.26. The Kier molecular flexibility index (Phi) is 7.25. The number of amides is 2. The van der Waals surface area contributed by atoms with Gasteiger partial charge in [-0.05, 0) is 81.1 Å². The maximum Gasteiger partial charge on any atom is 0.318 e. The lowest BCUT2D eigenvalue weighted by Crippen LogP contribution is -2.45. The highest BCUT2D eigenvalue weighted by atomic mass is 19.1. The first kappa shape index (κ1) is 22.5. The van der Waals surface area contributed by atoms with E-state index in [1.54, 1.807) is 29.2 Å². The summed E-state index contributed by atoms with van der Waals surface area (Å²) in [5.41, 5.74) is 1.54. The van der Waals surface area contributed by atoms with E-state index in [9.17, 15) is 13.6 Å². The molecule has 0 spiro atoms. The smallest absolute Gasteiger partial charge is 0.318 e. The number of likely N-dealkylation sites (N-methyl/N-ethyl adjacent to an activating group) is 1. The number of hydrogen-bond donors (Lipinski definition) is 1. The van der Waals surface area contributed by atoms with Gasteiger partial charge in [-0.3, -0.25) is 0 Å². The van der Waals surface area contributed by atoms with Gasteiger partial charge >= 0.3 is 6.03 Å². The Morgan fingerprint density at radius 3 is 2.47 bits per heavy atom. The normalized spacial score (nSPS) is 18.9. The largest absolute Gasteiger partial charge is 0.487 e. The van der Waals surface area contributed by atoms with Crippen LogP contribution >= 0.6 is 0 Å². The highest BCUT2D eigenvalue weighted by Crippen LogP contribution is 2.27. The van der Waals surface area contributed by atoms with Gasteiger partial charge in [-0.15, -0.1) is 0 Å². The predicted molar refractivity (Wildman–Crippen MR) is 119 cm³/mol. The average Bonchev–Trinajstić information content (AvgIpc) is 3.15. The number of nitrogens with zero attached hydrogens (tertiary/aromatic N) is 2. The van der Waals surface area contributed by atoms with E-state index < -0.39 is 5.82 Å². The van der Waals surface area contributed by atoms with Crippen molar-refractivity contribution in [3.8, 4) is 5.75 Å². The third-order valence-electron chi connectivity index (χ3n) is 6.46. The Labute approximate surface area is 188 Å². The van der Waals surface area contributed by atoms with Crippen LogP contribution in [0.25, 0.3) is 0 Å². The standard InChI is InChI=1S/C25H31F2N3O2/c1-29-13-3-4-21(29)17-30(16-18-7-10-20(26)11-8-18)25(31)28-15-19-9-12-24(23(27)14-19)32-22-5-2-6-22/h7-12,14,21-22H,2-6,13,15-17H2,1H3,(H,28,31)/t21-/m1/s1. The number of nitrogens with one attached hydrogen (secondary N) is 1. The minimum atomic E-state index is -0.403. The number of benzene rings is 2. The van der Waals surface area contributed by atoms with Crippen LogP contribution in [0.4, 0.5) is 13.6 Å². The van der Waals surface area contributed by atoms with Gasteiger partial charge in [-0.2, -0.15) is 0 Å². The molecule has 2 aliphatic rings. The number of urea groups is 1. The molecule has 1 aliphatic heterocycles. The van der Waals surface area contributed by atoms with Crippen LogP contribution in [-0.4, -0.2) is 48.1 Å². The molecule has 2 amide bonds. The van der Waals surface area contributed by atoms with Gasteiger partial charge in [0.1, 0.15) is 5.82 Å². The molecule has 0 unspecified atom stereocenters. The number of likely N-dealkylation sites (tertiary alicyclic amines) is 1. The molecular formula is C25H31F2N3O2. The van der Waals surface area contributed by atoms with Gasteiger partial charge in [-0.1, -0.05) is 18.2 Å². The van der Waals surface area contributed by atoms with Gasteiger partial charge in [0, 0.05) is 25.7 Å². The van der Waals surface area contributed by atoms with Crippen LogP contribution in [0.2, 0.25) is 0 Å². The van der Waals surface area contributed by atoms with Crippen molar-refractivity contribution < 1.29 is 18.3 Å². The minimum Gasteiger partial charge on any atom is -0.487 e. The molecule has 0 radical (unpaired) electrons. The quantitative estimate of drug-likeness (QED) is 0.643. The average molecular weight is 444 g/mol. The Morgan fingerprint density at radius 1 is 1.09 bits per heavy atom. The van der Waals surface area contributed by atoms with Crippen molar-refractivity contribution in [2.75, 3.05) is 20.1 Å². The summed E-state index contributed by atoms with van der Waals surface area (Å²) in [6, 6.07) is 11.1. The molecular weight excluding hydrogens is 412 g/mol. The summed E-state index contributed by atoms with van der Waals surface area (Å²) in [6.07, 6.45) is 5.33. The second-order valence-corrected chi connectivity index (χ2v) is 8.88. The number of ether oxygens (including phenoxy) is 1. The number of carbonyl (C=O) groups is 1. The van der Waals surface area contributed by atoms with Crippen molar-refractivity contribution >= 4 is 6.03 Å². The van der Waals surface area contributed by atoms with Gasteiger partial charge in [0.05, 0.1) is 6.10 Å². The first-order chi connectivity index (χ1) is 15.5. The van der Waals surface area contributed by atoms with Crippen molar-refractivity contribution in [2.45, 2.75) is 57.3 Å². The second-order valence-electron chi connectivity index (χ2n) is 8.88. The molecule has 0 aromatic heterocycles. The number of halogens is 2. The maximum absolute atomic E-state index is 14.4. The van der Waals surface area contributed by atoms with Crippen LogP contribution in [0.5, 0.6) is 5.75 Å². The molecule has 1 aliphatic carbocycles. The zero-order valence-corrected chi connectivity index (χ0v) is 18.5. The first-order valence-electron chi connectivity index (χ1n) is 11.4. The van der Waals surface area contributed by atoms with Crippen LogP contribution < -0.4 is 10.1 Å². The monoisotopic (exact) mass is 443 g/mol. The molecule has 2 fully saturated rings. The first-order valence-corrected chi connectivity index (χ1v) is 11.4. The fourth-order valence-electron chi connectivity index (χ4n) is 4.20. The zero-order chi connectivity index (χ0) is 22.5. The van der Waals surface area contributed by atoms with Crippen molar-refractivity contribution in [3.63, 3.8) is 0 Å². The molecule has 1 N–H and O–H groups in total. The lowest BCUT2D eigenvalue weighted by Gasteiger charge is -2.29. The molecule has 1 heterocycles. The fraction of sp³-hybridized carbons (Fsp3) is 0.480. The van der Waals surface area contributed by atoms with Crippen molar-refractivity contribution in [1.82, 2.24) is 15.1 Å². The SMILES string of the molecule is CN1CCC[C@@H]1CN(Cc1ccc(F)cc1)C(=O)NCc1ccc(OC2CCC2)c(F)c1. The Hall–Kier alpha value is -2.67. The molecule has 2 aromatic carbocycles. The lowest BCUT2D eigenvalue weighted by atomic mass is 9.96. The van der Waals surface area contributed by atoms with Crippen LogP contribution in [0.1, 0.15) is 43.2 Å². The summed E-state index contributed by atoms with van der Waals surface area (Å²) < 4.78 is 33.3. The Balaban J connectivity index is 1.38. The molecule has 1 atom stereocenters. The molecule has 4 rings (SSSR count). The zero-order valence-electron chi connectivity index (χ0n) is 18.5. The second kappa shape index (κ2) is 10.3. The minimum absolute atomic E-state index is 0.115. The molecule has 7 heteroatoms. The van der Waals surface area contributed by atoms with E-state index in [2.05, 4.69) is 17.3 Å². The van der Waals surface area contributed by atoms with Crippen LogP contribution in [-0.2, 0) is 13.1 Å². The fourth-order valence-corrected chi connectivity index (χ4v) is 4.20. The molecule has 1 saturated carbocycles. The van der Waals surface area contributed by atoms with Gasteiger partial charge in [0.2, 0.25) is 0 Å². The number of hydrogen-bond acceptors (Lipinski definition) is 3. The summed E-state index contributed by atoms with van der Waals surface area (Å²) in [7, 11) is 2.07. The summed E-state index contributed by atoms with van der Waals surface area (Å²) in [5.74, 6) is -0.432. The van der Waals surface area contributed by atoms with Gasteiger partial charge < -0.3 is 19.9 Å². The van der Waals surface area contributed by atoms with Crippen molar-refractivity contribution in [2.24, 2.45) is 0 Å². The lowest BCUT2D eigenvalue weighted by molar-refractivity contribution is 0.115. The van der Waals surface area contributed by atoms with Crippen molar-refractivity contribution in [3.05, 3.63) is 65.2 Å².